The van der Waals surface area contributed by atoms with Gasteiger partial charge in [0.05, 0.1) is 6.54 Å². The molecule has 29 heavy (non-hydrogen) atoms. The van der Waals surface area contributed by atoms with Gasteiger partial charge in [0.25, 0.3) is 5.91 Å². The number of carbonyl (C=O) groups is 4. The monoisotopic (exact) mass is 401 g/mol. The van der Waals surface area contributed by atoms with Crippen molar-refractivity contribution in [2.45, 2.75) is 51.5 Å². The number of hydrogen-bond donors (Lipinski definition) is 2. The summed E-state index contributed by atoms with van der Waals surface area (Å²) in [7, 11) is 1.49. The Balaban J connectivity index is 1.69. The van der Waals surface area contributed by atoms with Crippen LogP contribution in [0, 0.1) is 12.3 Å². The summed E-state index contributed by atoms with van der Waals surface area (Å²) in [4.78, 5) is 51.5. The summed E-state index contributed by atoms with van der Waals surface area (Å²) in [6.07, 6.45) is 3.08. The lowest BCUT2D eigenvalue weighted by molar-refractivity contribution is -0.150. The van der Waals surface area contributed by atoms with Gasteiger partial charge in [0, 0.05) is 25.3 Å². The van der Waals surface area contributed by atoms with E-state index in [1.807, 2.05) is 31.2 Å². The molecule has 1 saturated heterocycles. The van der Waals surface area contributed by atoms with Crippen LogP contribution in [0.2, 0.25) is 0 Å². The molecule has 1 aromatic rings. The Bertz CT molecular complexity index is 800. The van der Waals surface area contributed by atoms with Gasteiger partial charge in [0.1, 0.15) is 6.04 Å². The lowest BCUT2D eigenvalue weighted by atomic mass is 9.94. The van der Waals surface area contributed by atoms with Gasteiger partial charge in [-0.2, -0.15) is 0 Å². The van der Waals surface area contributed by atoms with Gasteiger partial charge in [-0.15, -0.1) is 0 Å². The Morgan fingerprint density at radius 3 is 2.28 bits per heavy atom. The van der Waals surface area contributed by atoms with E-state index < -0.39 is 17.4 Å². The smallest absolute Gasteiger partial charge is 0.267 e. The predicted octanol–water partition coefficient (Wildman–Crippen LogP) is 1.19. The SMILES string of the molecule is Cc1ccc(CCC2(C(=O)N(C)[C@H](CN3C(=O)CCC3=O)C(=O)NO)CC2)cc1. The summed E-state index contributed by atoms with van der Waals surface area (Å²) in [5.74, 6) is -1.75. The molecule has 1 aliphatic heterocycles. The van der Waals surface area contributed by atoms with Gasteiger partial charge < -0.3 is 4.90 Å². The van der Waals surface area contributed by atoms with E-state index in [0.717, 1.165) is 29.7 Å². The zero-order valence-corrected chi connectivity index (χ0v) is 16.8. The molecule has 1 heterocycles. The molecule has 1 aromatic carbocycles. The zero-order valence-electron chi connectivity index (χ0n) is 16.8. The van der Waals surface area contributed by atoms with Gasteiger partial charge in [-0.25, -0.2) is 5.48 Å². The quantitative estimate of drug-likeness (QED) is 0.387. The van der Waals surface area contributed by atoms with Gasteiger partial charge in [-0.3, -0.25) is 29.3 Å². The minimum absolute atomic E-state index is 0.102. The number of amides is 4. The molecule has 3 rings (SSSR count). The number of benzene rings is 1. The second kappa shape index (κ2) is 8.32. The number of likely N-dealkylation sites (tertiary alicyclic amines) is 1. The third-order valence-electron chi connectivity index (χ3n) is 6.03. The van der Waals surface area contributed by atoms with Gasteiger partial charge in [-0.05, 0) is 38.2 Å². The van der Waals surface area contributed by atoms with Crippen molar-refractivity contribution in [2.75, 3.05) is 13.6 Å². The standard InChI is InChI=1S/C21H27N3O5/c1-14-3-5-15(6-4-14)9-10-21(11-12-21)20(28)23(2)16(19(27)22-29)13-24-17(25)7-8-18(24)26/h3-6,16,29H,7-13H2,1-2H3,(H,22,27)/t16-/m1/s1. The lowest BCUT2D eigenvalue weighted by Gasteiger charge is -2.32. The largest absolute Gasteiger partial charge is 0.331 e. The van der Waals surface area contributed by atoms with Crippen LogP contribution >= 0.6 is 0 Å². The van der Waals surface area contributed by atoms with E-state index >= 15 is 0 Å². The van der Waals surface area contributed by atoms with E-state index in [1.165, 1.54) is 17.5 Å². The fourth-order valence-corrected chi connectivity index (χ4v) is 3.83. The van der Waals surface area contributed by atoms with Crippen molar-refractivity contribution in [1.82, 2.24) is 15.3 Å². The average molecular weight is 401 g/mol. The lowest BCUT2D eigenvalue weighted by Crippen LogP contribution is -2.55. The Labute approximate surface area is 169 Å². The maximum absolute atomic E-state index is 13.2. The summed E-state index contributed by atoms with van der Waals surface area (Å²) < 4.78 is 0. The summed E-state index contributed by atoms with van der Waals surface area (Å²) in [5, 5.41) is 9.11. The van der Waals surface area contributed by atoms with E-state index in [-0.39, 0.29) is 37.1 Å². The van der Waals surface area contributed by atoms with Crippen LogP contribution in [0.4, 0.5) is 0 Å². The van der Waals surface area contributed by atoms with Crippen molar-refractivity contribution in [3.05, 3.63) is 35.4 Å². The maximum atomic E-state index is 13.2. The number of hydrogen-bond acceptors (Lipinski definition) is 5. The minimum atomic E-state index is -1.13. The number of likely N-dealkylation sites (N-methyl/N-ethyl adjacent to an activating group) is 1. The van der Waals surface area contributed by atoms with E-state index in [1.54, 1.807) is 5.48 Å². The maximum Gasteiger partial charge on any atom is 0.267 e. The van der Waals surface area contributed by atoms with Gasteiger partial charge >= 0.3 is 0 Å². The van der Waals surface area contributed by atoms with Gasteiger partial charge in [0.15, 0.2) is 0 Å². The fourth-order valence-electron chi connectivity index (χ4n) is 3.83. The van der Waals surface area contributed by atoms with Crippen molar-refractivity contribution in [1.29, 1.82) is 0 Å². The van der Waals surface area contributed by atoms with Gasteiger partial charge in [-0.1, -0.05) is 29.8 Å². The van der Waals surface area contributed by atoms with Crippen LogP contribution in [0.25, 0.3) is 0 Å². The third-order valence-corrected chi connectivity index (χ3v) is 6.03. The molecule has 4 amide bonds. The number of nitrogens with zero attached hydrogens (tertiary/aromatic N) is 2. The first kappa shape index (κ1) is 21.0. The van der Waals surface area contributed by atoms with Crippen LogP contribution in [-0.4, -0.2) is 58.3 Å². The van der Waals surface area contributed by atoms with Gasteiger partial charge in [0.2, 0.25) is 17.7 Å². The Morgan fingerprint density at radius 2 is 1.76 bits per heavy atom. The summed E-state index contributed by atoms with van der Waals surface area (Å²) in [6.45, 7) is 1.77. The fraction of sp³-hybridized carbons (Fsp3) is 0.524. The molecule has 8 nitrogen and oxygen atoms in total. The molecule has 156 valence electrons. The van der Waals surface area contributed by atoms with E-state index in [2.05, 4.69) is 0 Å². The normalized spacial score (nSPS) is 18.5. The van der Waals surface area contributed by atoms with E-state index in [4.69, 9.17) is 5.21 Å². The summed E-state index contributed by atoms with van der Waals surface area (Å²) >= 11 is 0. The third kappa shape index (κ3) is 4.48. The first-order chi connectivity index (χ1) is 13.8. The molecule has 0 aromatic heterocycles. The summed E-state index contributed by atoms with van der Waals surface area (Å²) in [5.41, 5.74) is 3.35. The van der Waals surface area contributed by atoms with Crippen molar-refractivity contribution in [3.8, 4) is 0 Å². The highest BCUT2D eigenvalue weighted by molar-refractivity contribution is 6.02. The van der Waals surface area contributed by atoms with Crippen molar-refractivity contribution < 1.29 is 24.4 Å². The van der Waals surface area contributed by atoms with E-state index in [0.29, 0.717) is 6.42 Å². The van der Waals surface area contributed by atoms with Crippen molar-refractivity contribution in [2.24, 2.45) is 5.41 Å². The molecule has 0 spiro atoms. The number of carbonyl (C=O) groups excluding carboxylic acids is 4. The first-order valence-electron chi connectivity index (χ1n) is 9.87. The average Bonchev–Trinajstić information content (AvgIpc) is 3.45. The minimum Gasteiger partial charge on any atom is -0.331 e. The Morgan fingerprint density at radius 1 is 1.17 bits per heavy atom. The van der Waals surface area contributed by atoms with Crippen LogP contribution in [0.3, 0.4) is 0 Å². The molecule has 2 N–H and O–H groups in total. The van der Waals surface area contributed by atoms with Crippen LogP contribution in [0.1, 0.15) is 43.2 Å². The highest BCUT2D eigenvalue weighted by Gasteiger charge is 2.52. The Kier molecular flexibility index (Phi) is 6.02. The van der Waals surface area contributed by atoms with Crippen molar-refractivity contribution >= 4 is 23.6 Å². The molecule has 8 heteroatoms. The van der Waals surface area contributed by atoms with Crippen molar-refractivity contribution in [3.63, 3.8) is 0 Å². The molecule has 2 aliphatic rings. The van der Waals surface area contributed by atoms with E-state index in [9.17, 15) is 19.2 Å². The second-order valence-corrected chi connectivity index (χ2v) is 8.07. The topological polar surface area (TPSA) is 107 Å². The molecular formula is C21H27N3O5. The molecule has 0 unspecified atom stereocenters. The summed E-state index contributed by atoms with van der Waals surface area (Å²) in [6, 6.07) is 7.04. The van der Waals surface area contributed by atoms with Crippen LogP contribution < -0.4 is 5.48 Å². The number of nitrogens with one attached hydrogen (secondary N) is 1. The molecule has 1 atom stereocenters. The Hall–Kier alpha value is -2.74. The highest BCUT2D eigenvalue weighted by atomic mass is 16.5. The van der Waals surface area contributed by atoms with Crippen LogP contribution in [-0.2, 0) is 25.6 Å². The molecule has 0 radical (unpaired) electrons. The highest BCUT2D eigenvalue weighted by Crippen LogP contribution is 2.51. The molecular weight excluding hydrogens is 374 g/mol. The van der Waals surface area contributed by atoms with Crippen LogP contribution in [0.5, 0.6) is 0 Å². The molecule has 1 aliphatic carbocycles. The van der Waals surface area contributed by atoms with Crippen LogP contribution in [0.15, 0.2) is 24.3 Å². The number of imide groups is 1. The number of aryl methyl sites for hydroxylation is 2. The second-order valence-electron chi connectivity index (χ2n) is 8.07. The molecule has 1 saturated carbocycles. The first-order valence-corrected chi connectivity index (χ1v) is 9.87. The number of rotatable bonds is 8. The molecule has 2 fully saturated rings. The number of hydroxylamine groups is 1. The molecule has 0 bridgehead atoms. The predicted molar refractivity (Wildman–Crippen MR) is 104 cm³/mol. The zero-order chi connectivity index (χ0) is 21.2.